The molecule has 0 saturated heterocycles. The lowest BCUT2D eigenvalue weighted by Crippen LogP contribution is -2.13. The summed E-state index contributed by atoms with van der Waals surface area (Å²) in [7, 11) is 0. The smallest absolute Gasteiger partial charge is 0.142 e. The third kappa shape index (κ3) is 3.54. The number of benzene rings is 2. The van der Waals surface area contributed by atoms with Gasteiger partial charge in [0.05, 0.1) is 16.7 Å². The molecule has 0 radical (unpaired) electrons. The van der Waals surface area contributed by atoms with E-state index in [9.17, 15) is 4.39 Å². The quantitative estimate of drug-likeness (QED) is 0.924. The zero-order chi connectivity index (χ0) is 13.7. The van der Waals surface area contributed by atoms with E-state index in [0.29, 0.717) is 18.7 Å². The third-order valence-corrected chi connectivity index (χ3v) is 3.16. The molecule has 0 aromatic heterocycles. The van der Waals surface area contributed by atoms with E-state index in [1.165, 1.54) is 6.07 Å². The summed E-state index contributed by atoms with van der Waals surface area (Å²) < 4.78 is 13.2. The molecule has 0 bridgehead atoms. The maximum atomic E-state index is 13.2. The van der Waals surface area contributed by atoms with Crippen molar-refractivity contribution < 1.29 is 4.39 Å². The van der Waals surface area contributed by atoms with Crippen molar-refractivity contribution in [1.29, 1.82) is 5.26 Å². The highest BCUT2D eigenvalue weighted by atomic mass is 35.5. The average molecular weight is 275 g/mol. The molecule has 0 spiro atoms. The zero-order valence-electron chi connectivity index (χ0n) is 10.2. The maximum absolute atomic E-state index is 13.2. The summed E-state index contributed by atoms with van der Waals surface area (Å²) in [5.74, 6) is -0.410. The van der Waals surface area contributed by atoms with E-state index in [0.717, 1.165) is 11.1 Å². The number of nitrogens with zero attached hydrogens (tertiary/aromatic N) is 1. The molecule has 2 aromatic rings. The summed E-state index contributed by atoms with van der Waals surface area (Å²) in [5.41, 5.74) is 2.35. The van der Waals surface area contributed by atoms with Crippen molar-refractivity contribution in [2.24, 2.45) is 0 Å². The zero-order valence-corrected chi connectivity index (χ0v) is 10.9. The number of nitrogens with one attached hydrogen (secondary N) is 1. The minimum absolute atomic E-state index is 0.153. The van der Waals surface area contributed by atoms with Gasteiger partial charge in [-0.25, -0.2) is 4.39 Å². The van der Waals surface area contributed by atoms with E-state index in [4.69, 9.17) is 16.9 Å². The molecule has 0 heterocycles. The van der Waals surface area contributed by atoms with Crippen molar-refractivity contribution in [2.75, 3.05) is 0 Å². The van der Waals surface area contributed by atoms with Gasteiger partial charge in [0.2, 0.25) is 0 Å². The van der Waals surface area contributed by atoms with Crippen molar-refractivity contribution in [3.8, 4) is 6.07 Å². The lowest BCUT2D eigenvalue weighted by molar-refractivity contribution is 0.620. The van der Waals surface area contributed by atoms with Gasteiger partial charge in [0.25, 0.3) is 0 Å². The molecule has 2 nitrogen and oxygen atoms in total. The van der Waals surface area contributed by atoms with Gasteiger partial charge in [-0.15, -0.1) is 0 Å². The van der Waals surface area contributed by atoms with Crippen molar-refractivity contribution in [3.05, 3.63) is 70.0 Å². The van der Waals surface area contributed by atoms with Gasteiger partial charge < -0.3 is 5.32 Å². The monoisotopic (exact) mass is 274 g/mol. The van der Waals surface area contributed by atoms with Gasteiger partial charge in [-0.1, -0.05) is 35.9 Å². The Bertz CT molecular complexity index is 620. The van der Waals surface area contributed by atoms with Crippen LogP contribution >= 0.6 is 11.6 Å². The van der Waals surface area contributed by atoms with Crippen LogP contribution in [0.15, 0.2) is 42.5 Å². The summed E-state index contributed by atoms with van der Waals surface area (Å²) in [6.45, 7) is 1.08. The van der Waals surface area contributed by atoms with E-state index >= 15 is 0 Å². The van der Waals surface area contributed by atoms with Gasteiger partial charge >= 0.3 is 0 Å². The number of nitriles is 1. The van der Waals surface area contributed by atoms with Crippen molar-refractivity contribution in [2.45, 2.75) is 13.1 Å². The fourth-order valence-electron chi connectivity index (χ4n) is 1.78. The molecule has 0 aliphatic carbocycles. The normalized spacial score (nSPS) is 10.2. The molecule has 19 heavy (non-hydrogen) atoms. The number of rotatable bonds is 4. The highest BCUT2D eigenvalue weighted by Crippen LogP contribution is 2.19. The summed E-state index contributed by atoms with van der Waals surface area (Å²) >= 11 is 5.86. The van der Waals surface area contributed by atoms with Crippen LogP contribution in [0.5, 0.6) is 0 Å². The molecule has 96 valence electrons. The second kappa shape index (κ2) is 6.33. The highest BCUT2D eigenvalue weighted by molar-refractivity contribution is 6.31. The fourth-order valence-corrected chi connectivity index (χ4v) is 1.97. The van der Waals surface area contributed by atoms with Crippen LogP contribution in [0.4, 0.5) is 4.39 Å². The third-order valence-electron chi connectivity index (χ3n) is 2.73. The van der Waals surface area contributed by atoms with Crippen molar-refractivity contribution >= 4 is 11.6 Å². The predicted octanol–water partition coefficient (Wildman–Crippen LogP) is 3.64. The molecule has 0 aliphatic rings. The minimum Gasteiger partial charge on any atom is -0.309 e. The molecule has 0 amide bonds. The van der Waals surface area contributed by atoms with Crippen LogP contribution < -0.4 is 5.32 Å². The molecule has 0 atom stereocenters. The summed E-state index contributed by atoms with van der Waals surface area (Å²) in [4.78, 5) is 0. The van der Waals surface area contributed by atoms with Crippen molar-refractivity contribution in [3.63, 3.8) is 0 Å². The number of halogens is 2. The molecule has 2 rings (SSSR count). The Hall–Kier alpha value is -1.89. The Morgan fingerprint density at radius 2 is 1.95 bits per heavy atom. The Balaban J connectivity index is 1.96. The Labute approximate surface area is 116 Å². The van der Waals surface area contributed by atoms with Crippen LogP contribution in [0.25, 0.3) is 0 Å². The van der Waals surface area contributed by atoms with E-state index in [1.54, 1.807) is 18.2 Å². The first-order valence-corrected chi connectivity index (χ1v) is 6.21. The lowest BCUT2D eigenvalue weighted by atomic mass is 10.1. The second-order valence-electron chi connectivity index (χ2n) is 4.13. The first kappa shape index (κ1) is 13.5. The maximum Gasteiger partial charge on any atom is 0.142 e. The van der Waals surface area contributed by atoms with Gasteiger partial charge in [0.15, 0.2) is 0 Å². The molecular weight excluding hydrogens is 263 g/mol. The van der Waals surface area contributed by atoms with Crippen LogP contribution in [-0.2, 0) is 13.1 Å². The summed E-state index contributed by atoms with van der Waals surface area (Å²) in [6, 6.07) is 14.2. The van der Waals surface area contributed by atoms with Crippen LogP contribution in [0.2, 0.25) is 5.02 Å². The van der Waals surface area contributed by atoms with Crippen LogP contribution in [-0.4, -0.2) is 0 Å². The molecule has 0 unspecified atom stereocenters. The topological polar surface area (TPSA) is 35.8 Å². The largest absolute Gasteiger partial charge is 0.309 e. The number of hydrogen-bond donors (Lipinski definition) is 1. The molecule has 2 aromatic carbocycles. The highest BCUT2D eigenvalue weighted by Gasteiger charge is 2.04. The SMILES string of the molecule is N#Cc1cccc(CNCc2cccc(F)c2Cl)c1. The molecule has 1 N–H and O–H groups in total. The van der Waals surface area contributed by atoms with Crippen LogP contribution in [0, 0.1) is 17.1 Å². The van der Waals surface area contributed by atoms with E-state index in [2.05, 4.69) is 11.4 Å². The van der Waals surface area contributed by atoms with Gasteiger partial charge in [0.1, 0.15) is 5.82 Å². The molecule has 4 heteroatoms. The van der Waals surface area contributed by atoms with Crippen LogP contribution in [0.1, 0.15) is 16.7 Å². The summed E-state index contributed by atoms with van der Waals surface area (Å²) in [6.07, 6.45) is 0. The summed E-state index contributed by atoms with van der Waals surface area (Å²) in [5, 5.41) is 12.1. The average Bonchev–Trinajstić information content (AvgIpc) is 2.44. The van der Waals surface area contributed by atoms with Gasteiger partial charge in [0, 0.05) is 13.1 Å². The number of hydrogen-bond acceptors (Lipinski definition) is 2. The van der Waals surface area contributed by atoms with Gasteiger partial charge in [-0.2, -0.15) is 5.26 Å². The van der Waals surface area contributed by atoms with E-state index < -0.39 is 5.82 Å². The predicted molar refractivity (Wildman–Crippen MR) is 73.1 cm³/mol. The lowest BCUT2D eigenvalue weighted by Gasteiger charge is -2.07. The fraction of sp³-hybridized carbons (Fsp3) is 0.133. The Morgan fingerprint density at radius 1 is 1.16 bits per heavy atom. The Morgan fingerprint density at radius 3 is 2.74 bits per heavy atom. The molecule has 0 aliphatic heterocycles. The standard InChI is InChI=1S/C15H12ClFN2/c16-15-13(5-2-6-14(15)17)10-19-9-12-4-1-3-11(7-12)8-18/h1-7,19H,9-10H2. The first-order chi connectivity index (χ1) is 9.20. The Kier molecular flexibility index (Phi) is 4.51. The molecule has 0 saturated carbocycles. The molecular formula is C15H12ClFN2. The second-order valence-corrected chi connectivity index (χ2v) is 4.51. The first-order valence-electron chi connectivity index (χ1n) is 5.83. The van der Waals surface area contributed by atoms with Gasteiger partial charge in [-0.3, -0.25) is 0 Å². The van der Waals surface area contributed by atoms with E-state index in [1.807, 2.05) is 18.2 Å². The van der Waals surface area contributed by atoms with E-state index in [-0.39, 0.29) is 5.02 Å². The van der Waals surface area contributed by atoms with Crippen LogP contribution in [0.3, 0.4) is 0 Å². The van der Waals surface area contributed by atoms with Crippen molar-refractivity contribution in [1.82, 2.24) is 5.32 Å². The molecule has 0 fully saturated rings. The van der Waals surface area contributed by atoms with Gasteiger partial charge in [-0.05, 0) is 29.3 Å². The minimum atomic E-state index is -0.410.